The number of hydrogen-bond acceptors (Lipinski definition) is 3. The molecule has 0 fully saturated rings. The number of carbonyl (C=O) groups is 2. The lowest BCUT2D eigenvalue weighted by molar-refractivity contribution is -0.124. The van der Waals surface area contributed by atoms with E-state index in [4.69, 9.17) is 0 Å². The fourth-order valence-corrected chi connectivity index (χ4v) is 1.70. The van der Waals surface area contributed by atoms with Crippen LogP contribution in [0.15, 0.2) is 30.3 Å². The first-order chi connectivity index (χ1) is 9.99. The van der Waals surface area contributed by atoms with Gasteiger partial charge in [0.2, 0.25) is 11.8 Å². The van der Waals surface area contributed by atoms with Crippen LogP contribution in [0.25, 0.3) is 0 Å². The highest BCUT2D eigenvalue weighted by Gasteiger charge is 2.14. The molecule has 21 heavy (non-hydrogen) atoms. The molecule has 5 heteroatoms. The van der Waals surface area contributed by atoms with E-state index < -0.39 is 6.10 Å². The quantitative estimate of drug-likeness (QED) is 0.674. The van der Waals surface area contributed by atoms with Crippen LogP contribution in [0.5, 0.6) is 0 Å². The van der Waals surface area contributed by atoms with E-state index in [1.54, 1.807) is 0 Å². The van der Waals surface area contributed by atoms with Gasteiger partial charge in [-0.3, -0.25) is 9.59 Å². The van der Waals surface area contributed by atoms with E-state index in [-0.39, 0.29) is 37.1 Å². The molecule has 1 aromatic carbocycles. The Hall–Kier alpha value is -1.88. The largest absolute Gasteiger partial charge is 0.392 e. The van der Waals surface area contributed by atoms with Crippen molar-refractivity contribution in [3.05, 3.63) is 35.9 Å². The molecular formula is C16H24N2O3. The molecule has 0 spiro atoms. The second kappa shape index (κ2) is 9.13. The average molecular weight is 292 g/mol. The monoisotopic (exact) mass is 292 g/mol. The van der Waals surface area contributed by atoms with Crippen molar-refractivity contribution in [3.8, 4) is 0 Å². The summed E-state index contributed by atoms with van der Waals surface area (Å²) in [4.78, 5) is 23.1. The van der Waals surface area contributed by atoms with Crippen LogP contribution in [0.2, 0.25) is 0 Å². The highest BCUT2D eigenvalue weighted by Crippen LogP contribution is 2.04. The maximum absolute atomic E-state index is 11.6. The van der Waals surface area contributed by atoms with Gasteiger partial charge in [0.15, 0.2) is 0 Å². The van der Waals surface area contributed by atoms with E-state index in [1.165, 1.54) is 0 Å². The van der Waals surface area contributed by atoms with E-state index in [9.17, 15) is 14.7 Å². The van der Waals surface area contributed by atoms with Crippen LogP contribution in [0, 0.1) is 5.92 Å². The lowest BCUT2D eigenvalue weighted by atomic mass is 10.0. The molecule has 1 aromatic rings. The van der Waals surface area contributed by atoms with Crippen LogP contribution in [0.1, 0.15) is 32.3 Å². The van der Waals surface area contributed by atoms with Crippen LogP contribution in [0.3, 0.4) is 0 Å². The van der Waals surface area contributed by atoms with Gasteiger partial charge in [-0.1, -0.05) is 44.2 Å². The molecule has 3 N–H and O–H groups in total. The van der Waals surface area contributed by atoms with E-state index in [0.29, 0.717) is 6.54 Å². The van der Waals surface area contributed by atoms with E-state index in [2.05, 4.69) is 10.6 Å². The van der Waals surface area contributed by atoms with Crippen molar-refractivity contribution >= 4 is 11.8 Å². The van der Waals surface area contributed by atoms with E-state index in [0.717, 1.165) is 5.56 Å². The number of benzene rings is 1. The number of carbonyl (C=O) groups excluding carboxylic acids is 2. The third kappa shape index (κ3) is 7.46. The fourth-order valence-electron chi connectivity index (χ4n) is 1.70. The first kappa shape index (κ1) is 17.2. The van der Waals surface area contributed by atoms with E-state index >= 15 is 0 Å². The molecule has 116 valence electrons. The topological polar surface area (TPSA) is 78.4 Å². The predicted octanol–water partition coefficient (Wildman–Crippen LogP) is 1.22. The van der Waals surface area contributed by atoms with Gasteiger partial charge in [0.1, 0.15) is 0 Å². The zero-order valence-corrected chi connectivity index (χ0v) is 12.6. The molecule has 0 aromatic heterocycles. The zero-order valence-electron chi connectivity index (χ0n) is 12.6. The Morgan fingerprint density at radius 3 is 2.38 bits per heavy atom. The summed E-state index contributed by atoms with van der Waals surface area (Å²) in [6.45, 7) is 4.48. The van der Waals surface area contributed by atoms with E-state index in [1.807, 2.05) is 44.2 Å². The van der Waals surface area contributed by atoms with Gasteiger partial charge in [0.25, 0.3) is 0 Å². The van der Waals surface area contributed by atoms with Gasteiger partial charge in [-0.05, 0) is 11.5 Å². The fraction of sp³-hybridized carbons (Fsp3) is 0.500. The molecule has 0 bridgehead atoms. The summed E-state index contributed by atoms with van der Waals surface area (Å²) in [5.74, 6) is -0.291. The van der Waals surface area contributed by atoms with Gasteiger partial charge in [0.05, 0.1) is 12.5 Å². The smallest absolute Gasteiger partial charge is 0.222 e. The van der Waals surface area contributed by atoms with Gasteiger partial charge in [-0.15, -0.1) is 0 Å². The molecular weight excluding hydrogens is 268 g/mol. The molecule has 0 radical (unpaired) electrons. The Morgan fingerprint density at radius 1 is 1.10 bits per heavy atom. The SMILES string of the molecule is CC(C)C(O)CC(=O)NCCC(=O)NCc1ccccc1. The molecule has 0 aliphatic rings. The summed E-state index contributed by atoms with van der Waals surface area (Å²) in [6, 6.07) is 9.64. The van der Waals surface area contributed by atoms with Crippen molar-refractivity contribution in [2.24, 2.45) is 5.92 Å². The minimum absolute atomic E-state index is 0.0462. The summed E-state index contributed by atoms with van der Waals surface area (Å²) in [6.07, 6.45) is -0.337. The van der Waals surface area contributed by atoms with Crippen LogP contribution in [-0.2, 0) is 16.1 Å². The number of amides is 2. The van der Waals surface area contributed by atoms with Crippen LogP contribution in [-0.4, -0.2) is 29.6 Å². The summed E-state index contributed by atoms with van der Waals surface area (Å²) >= 11 is 0. The second-order valence-corrected chi connectivity index (χ2v) is 5.38. The Kier molecular flexibility index (Phi) is 7.46. The highest BCUT2D eigenvalue weighted by molar-refractivity contribution is 5.79. The van der Waals surface area contributed by atoms with Crippen molar-refractivity contribution < 1.29 is 14.7 Å². The minimum Gasteiger partial charge on any atom is -0.392 e. The van der Waals surface area contributed by atoms with Gasteiger partial charge >= 0.3 is 0 Å². The van der Waals surface area contributed by atoms with Crippen LogP contribution in [0.4, 0.5) is 0 Å². The van der Waals surface area contributed by atoms with Crippen molar-refractivity contribution in [1.82, 2.24) is 10.6 Å². The predicted molar refractivity (Wildman–Crippen MR) is 81.4 cm³/mol. The van der Waals surface area contributed by atoms with Crippen molar-refractivity contribution in [3.63, 3.8) is 0 Å². The maximum atomic E-state index is 11.6. The molecule has 1 atom stereocenters. The standard InChI is InChI=1S/C16H24N2O3/c1-12(2)14(19)10-16(21)17-9-8-15(20)18-11-13-6-4-3-5-7-13/h3-7,12,14,19H,8-11H2,1-2H3,(H,17,21)(H,18,20). The lowest BCUT2D eigenvalue weighted by Crippen LogP contribution is -2.33. The van der Waals surface area contributed by atoms with Crippen LogP contribution >= 0.6 is 0 Å². The summed E-state index contributed by atoms with van der Waals surface area (Å²) in [7, 11) is 0. The van der Waals surface area contributed by atoms with Crippen molar-refractivity contribution in [2.75, 3.05) is 6.54 Å². The average Bonchev–Trinajstić information content (AvgIpc) is 2.46. The molecule has 0 aliphatic carbocycles. The third-order valence-electron chi connectivity index (χ3n) is 3.17. The normalized spacial score (nSPS) is 12.0. The lowest BCUT2D eigenvalue weighted by Gasteiger charge is -2.13. The van der Waals surface area contributed by atoms with Gasteiger partial charge in [-0.25, -0.2) is 0 Å². The van der Waals surface area contributed by atoms with Gasteiger partial charge in [-0.2, -0.15) is 0 Å². The number of aliphatic hydroxyl groups excluding tert-OH is 1. The maximum Gasteiger partial charge on any atom is 0.222 e. The number of hydrogen-bond donors (Lipinski definition) is 3. The van der Waals surface area contributed by atoms with Crippen LogP contribution < -0.4 is 10.6 Å². The highest BCUT2D eigenvalue weighted by atomic mass is 16.3. The Morgan fingerprint density at radius 2 is 1.76 bits per heavy atom. The molecule has 0 saturated carbocycles. The minimum atomic E-state index is -0.642. The molecule has 5 nitrogen and oxygen atoms in total. The number of rotatable bonds is 8. The van der Waals surface area contributed by atoms with Crippen molar-refractivity contribution in [1.29, 1.82) is 0 Å². The van der Waals surface area contributed by atoms with Gasteiger partial charge in [0, 0.05) is 19.5 Å². The molecule has 0 aliphatic heterocycles. The zero-order chi connectivity index (χ0) is 15.7. The Bertz CT molecular complexity index is 446. The molecule has 1 unspecified atom stereocenters. The third-order valence-corrected chi connectivity index (χ3v) is 3.17. The number of aliphatic hydroxyl groups is 1. The summed E-state index contributed by atoms with van der Waals surface area (Å²) in [5, 5.41) is 15.0. The Balaban J connectivity index is 2.14. The molecule has 1 rings (SSSR count). The summed E-state index contributed by atoms with van der Waals surface area (Å²) in [5.41, 5.74) is 1.04. The first-order valence-corrected chi connectivity index (χ1v) is 7.24. The second-order valence-electron chi connectivity index (χ2n) is 5.38. The molecule has 0 heterocycles. The Labute approximate surface area is 125 Å². The molecule has 2 amide bonds. The first-order valence-electron chi connectivity index (χ1n) is 7.24. The number of nitrogens with one attached hydrogen (secondary N) is 2. The summed E-state index contributed by atoms with van der Waals surface area (Å²) < 4.78 is 0. The van der Waals surface area contributed by atoms with Gasteiger partial charge < -0.3 is 15.7 Å². The molecule has 0 saturated heterocycles. The van der Waals surface area contributed by atoms with Crippen molar-refractivity contribution in [2.45, 2.75) is 39.3 Å².